The second kappa shape index (κ2) is 8.22. The Morgan fingerprint density at radius 1 is 1.32 bits per heavy atom. The third-order valence-corrected chi connectivity index (χ3v) is 5.09. The van der Waals surface area contributed by atoms with Crippen LogP contribution in [-0.4, -0.2) is 46.1 Å². The Balaban J connectivity index is 1.54. The highest BCUT2D eigenvalue weighted by molar-refractivity contribution is 7.11. The molecule has 0 unspecified atom stereocenters. The summed E-state index contributed by atoms with van der Waals surface area (Å²) in [6.45, 7) is 0.948. The van der Waals surface area contributed by atoms with Crippen LogP contribution in [0.4, 0.5) is 4.79 Å². The van der Waals surface area contributed by atoms with Gasteiger partial charge >= 0.3 is 6.09 Å². The van der Waals surface area contributed by atoms with E-state index in [2.05, 4.69) is 4.98 Å². The molecule has 1 aromatic carbocycles. The van der Waals surface area contributed by atoms with Crippen LogP contribution < -0.4 is 0 Å². The number of aliphatic hydroxyl groups excluding tert-OH is 1. The molecule has 2 aromatic rings. The molecule has 1 aromatic heterocycles. The molecule has 132 valence electrons. The second-order valence-corrected chi connectivity index (χ2v) is 6.96. The number of piperidine rings is 1. The highest BCUT2D eigenvalue weighted by atomic mass is 32.1. The number of Topliss-reactive ketones (excluding diaryl/α,β-unsaturated/α-hetero) is 1. The van der Waals surface area contributed by atoms with Crippen LogP contribution in [0.25, 0.3) is 0 Å². The number of thiazole rings is 1. The molecule has 0 aliphatic carbocycles. The number of benzene rings is 1. The Morgan fingerprint density at radius 3 is 2.84 bits per heavy atom. The van der Waals surface area contributed by atoms with Crippen LogP contribution in [0.5, 0.6) is 0 Å². The highest BCUT2D eigenvalue weighted by Crippen LogP contribution is 2.23. The molecule has 3 rings (SSSR count). The Labute approximate surface area is 150 Å². The van der Waals surface area contributed by atoms with Gasteiger partial charge in [-0.1, -0.05) is 30.3 Å². The first-order chi connectivity index (χ1) is 12.1. The summed E-state index contributed by atoms with van der Waals surface area (Å²) in [7, 11) is 0. The summed E-state index contributed by atoms with van der Waals surface area (Å²) in [4.78, 5) is 30.0. The SMILES string of the molecule is O=C(C[C@H]1CN(C(=O)OCc2ccccc2)CC[C@@H]1O)c1nccs1. The van der Waals surface area contributed by atoms with Crippen molar-refractivity contribution in [3.63, 3.8) is 0 Å². The first-order valence-electron chi connectivity index (χ1n) is 8.20. The molecule has 2 atom stereocenters. The number of carbonyl (C=O) groups excluding carboxylic acids is 2. The van der Waals surface area contributed by atoms with E-state index in [1.165, 1.54) is 11.3 Å². The maximum absolute atomic E-state index is 12.3. The number of ether oxygens (including phenoxy) is 1. The van der Waals surface area contributed by atoms with Crippen LogP contribution in [0.3, 0.4) is 0 Å². The van der Waals surface area contributed by atoms with Gasteiger partial charge in [-0.15, -0.1) is 11.3 Å². The van der Waals surface area contributed by atoms with E-state index in [0.29, 0.717) is 24.5 Å². The minimum absolute atomic E-state index is 0.0986. The van der Waals surface area contributed by atoms with E-state index >= 15 is 0 Å². The molecule has 1 fully saturated rings. The lowest BCUT2D eigenvalue weighted by Crippen LogP contribution is -2.46. The molecule has 0 saturated carbocycles. The molecular formula is C18H20N2O4S. The standard InChI is InChI=1S/C18H20N2O4S/c21-15-6-8-20(18(23)24-12-13-4-2-1-3-5-13)11-14(15)10-16(22)17-19-7-9-25-17/h1-5,7,9,14-15,21H,6,8,10-12H2/t14-,15-/m0/s1. The smallest absolute Gasteiger partial charge is 0.410 e. The fourth-order valence-electron chi connectivity index (χ4n) is 2.88. The van der Waals surface area contributed by atoms with Crippen LogP contribution >= 0.6 is 11.3 Å². The third kappa shape index (κ3) is 4.64. The number of nitrogens with zero attached hydrogens (tertiary/aromatic N) is 2. The zero-order valence-corrected chi connectivity index (χ0v) is 14.5. The number of carbonyl (C=O) groups is 2. The van der Waals surface area contributed by atoms with Crippen LogP contribution in [0, 0.1) is 5.92 Å². The van der Waals surface area contributed by atoms with Gasteiger partial charge in [0.25, 0.3) is 0 Å². The van der Waals surface area contributed by atoms with Gasteiger partial charge in [0, 0.05) is 37.0 Å². The first-order valence-corrected chi connectivity index (χ1v) is 9.08. The summed E-state index contributed by atoms with van der Waals surface area (Å²) in [5.74, 6) is -0.395. The number of hydrogen-bond donors (Lipinski definition) is 1. The van der Waals surface area contributed by atoms with Gasteiger partial charge in [0.2, 0.25) is 0 Å². The fraction of sp³-hybridized carbons (Fsp3) is 0.389. The van der Waals surface area contributed by atoms with Crippen molar-refractivity contribution in [3.8, 4) is 0 Å². The van der Waals surface area contributed by atoms with Crippen molar-refractivity contribution in [3.05, 3.63) is 52.5 Å². The first kappa shape index (κ1) is 17.6. The molecule has 7 heteroatoms. The summed E-state index contributed by atoms with van der Waals surface area (Å²) in [5, 5.41) is 12.4. The maximum Gasteiger partial charge on any atom is 0.410 e. The van der Waals surface area contributed by atoms with Crippen molar-refractivity contribution in [2.45, 2.75) is 25.6 Å². The summed E-state index contributed by atoms with van der Waals surface area (Å²) >= 11 is 1.29. The number of ketones is 1. The topological polar surface area (TPSA) is 79.7 Å². The molecule has 6 nitrogen and oxygen atoms in total. The molecule has 25 heavy (non-hydrogen) atoms. The van der Waals surface area contributed by atoms with Gasteiger partial charge in [-0.2, -0.15) is 0 Å². The van der Waals surface area contributed by atoms with Gasteiger partial charge < -0.3 is 14.7 Å². The van der Waals surface area contributed by atoms with Gasteiger partial charge in [-0.05, 0) is 12.0 Å². The van der Waals surface area contributed by atoms with Crippen molar-refractivity contribution in [1.29, 1.82) is 0 Å². The number of rotatable bonds is 5. The number of hydrogen-bond acceptors (Lipinski definition) is 6. The number of aliphatic hydroxyl groups is 1. The summed E-state index contributed by atoms with van der Waals surface area (Å²) < 4.78 is 5.34. The molecular weight excluding hydrogens is 340 g/mol. The molecule has 1 N–H and O–H groups in total. The Morgan fingerprint density at radius 2 is 2.12 bits per heavy atom. The van der Waals surface area contributed by atoms with Crippen LogP contribution in [-0.2, 0) is 11.3 Å². The molecule has 2 heterocycles. The minimum atomic E-state index is -0.595. The quantitative estimate of drug-likeness (QED) is 0.830. The van der Waals surface area contributed by atoms with Gasteiger partial charge in [0.05, 0.1) is 6.10 Å². The average Bonchev–Trinajstić information content (AvgIpc) is 3.17. The predicted octanol–water partition coefficient (Wildman–Crippen LogP) is 2.74. The van der Waals surface area contributed by atoms with Crippen LogP contribution in [0.1, 0.15) is 28.2 Å². The Kier molecular flexibility index (Phi) is 5.78. The van der Waals surface area contributed by atoms with E-state index in [0.717, 1.165) is 5.56 Å². The molecule has 0 spiro atoms. The lowest BCUT2D eigenvalue weighted by Gasteiger charge is -2.35. The number of aromatic nitrogens is 1. The van der Waals surface area contributed by atoms with Gasteiger partial charge in [-0.25, -0.2) is 9.78 Å². The second-order valence-electron chi connectivity index (χ2n) is 6.07. The lowest BCUT2D eigenvalue weighted by molar-refractivity contribution is 0.0159. The van der Waals surface area contributed by atoms with Gasteiger partial charge in [-0.3, -0.25) is 4.79 Å². The summed E-state index contributed by atoms with van der Waals surface area (Å²) in [5.41, 5.74) is 0.920. The molecule has 1 amide bonds. The molecule has 1 saturated heterocycles. The molecule has 0 radical (unpaired) electrons. The zero-order valence-electron chi connectivity index (χ0n) is 13.7. The van der Waals surface area contributed by atoms with E-state index in [1.54, 1.807) is 16.5 Å². The molecule has 1 aliphatic rings. The average molecular weight is 360 g/mol. The zero-order chi connectivity index (χ0) is 17.6. The van der Waals surface area contributed by atoms with E-state index in [-0.39, 0.29) is 24.7 Å². The lowest BCUT2D eigenvalue weighted by atomic mass is 9.90. The van der Waals surface area contributed by atoms with Gasteiger partial charge in [0.15, 0.2) is 10.8 Å². The number of likely N-dealkylation sites (tertiary alicyclic amines) is 1. The predicted molar refractivity (Wildman–Crippen MR) is 93.4 cm³/mol. The van der Waals surface area contributed by atoms with Crippen LogP contribution in [0.2, 0.25) is 0 Å². The Bertz CT molecular complexity index is 705. The minimum Gasteiger partial charge on any atom is -0.445 e. The van der Waals surface area contributed by atoms with Crippen molar-refractivity contribution in [2.24, 2.45) is 5.92 Å². The highest BCUT2D eigenvalue weighted by Gasteiger charge is 2.33. The van der Waals surface area contributed by atoms with E-state index < -0.39 is 12.2 Å². The van der Waals surface area contributed by atoms with Crippen molar-refractivity contribution < 1.29 is 19.4 Å². The molecule has 0 bridgehead atoms. The van der Waals surface area contributed by atoms with E-state index in [9.17, 15) is 14.7 Å². The maximum atomic E-state index is 12.3. The summed E-state index contributed by atoms with van der Waals surface area (Å²) in [6.07, 6.45) is 1.19. The normalized spacial score (nSPS) is 20.3. The van der Waals surface area contributed by atoms with Crippen LogP contribution in [0.15, 0.2) is 41.9 Å². The van der Waals surface area contributed by atoms with Gasteiger partial charge in [0.1, 0.15) is 6.61 Å². The molecule has 1 aliphatic heterocycles. The Hall–Kier alpha value is -2.25. The number of amides is 1. The van der Waals surface area contributed by atoms with E-state index in [1.807, 2.05) is 30.3 Å². The largest absolute Gasteiger partial charge is 0.445 e. The third-order valence-electron chi connectivity index (χ3n) is 4.28. The van der Waals surface area contributed by atoms with Crippen molar-refractivity contribution in [2.75, 3.05) is 13.1 Å². The van der Waals surface area contributed by atoms with Crippen molar-refractivity contribution in [1.82, 2.24) is 9.88 Å². The van der Waals surface area contributed by atoms with E-state index in [4.69, 9.17) is 4.74 Å². The summed E-state index contributed by atoms with van der Waals surface area (Å²) in [6, 6.07) is 9.47. The fourth-order valence-corrected chi connectivity index (χ4v) is 3.47. The monoisotopic (exact) mass is 360 g/mol. The van der Waals surface area contributed by atoms with Crippen molar-refractivity contribution >= 4 is 23.2 Å².